The summed E-state index contributed by atoms with van der Waals surface area (Å²) < 4.78 is 2.63. The van der Waals surface area contributed by atoms with E-state index >= 15 is 0 Å². The first-order valence-corrected chi connectivity index (χ1v) is 10.6. The molecule has 0 radical (unpaired) electrons. The average molecular weight is 383 g/mol. The highest BCUT2D eigenvalue weighted by molar-refractivity contribution is 7.25. The van der Waals surface area contributed by atoms with E-state index < -0.39 is 0 Å². The highest BCUT2D eigenvalue weighted by Gasteiger charge is 2.22. The third kappa shape index (κ3) is 2.65. The van der Waals surface area contributed by atoms with Crippen LogP contribution in [-0.2, 0) is 0 Å². The van der Waals surface area contributed by atoms with E-state index in [1.165, 1.54) is 58.8 Å². The zero-order valence-electron chi connectivity index (χ0n) is 17.1. The number of fused-ring (bicyclic) bond motifs is 3. The first-order valence-electron chi connectivity index (χ1n) is 9.80. The van der Waals surface area contributed by atoms with Crippen molar-refractivity contribution in [3.8, 4) is 0 Å². The van der Waals surface area contributed by atoms with E-state index in [1.54, 1.807) is 0 Å². The second-order valence-electron chi connectivity index (χ2n) is 7.50. The van der Waals surface area contributed by atoms with Gasteiger partial charge in [-0.15, -0.1) is 11.3 Å². The summed E-state index contributed by atoms with van der Waals surface area (Å²) in [6, 6.07) is 8.69. The molecule has 0 saturated heterocycles. The Hall–Kier alpha value is -2.64. The lowest BCUT2D eigenvalue weighted by molar-refractivity contribution is 1.27. The van der Waals surface area contributed by atoms with Gasteiger partial charge in [0.2, 0.25) is 0 Å². The summed E-state index contributed by atoms with van der Waals surface area (Å²) in [5.74, 6) is 0. The van der Waals surface area contributed by atoms with Crippen LogP contribution in [0.3, 0.4) is 0 Å². The molecule has 1 aliphatic carbocycles. The Balaban J connectivity index is 2.30. The normalized spacial score (nSPS) is 17.4. The summed E-state index contributed by atoms with van der Waals surface area (Å²) in [4.78, 5) is 0. The number of hydrogen-bond donors (Lipinski definition) is 0. The average Bonchev–Trinajstić information content (AvgIpc) is 3.19. The molecule has 0 unspecified atom stereocenters. The lowest BCUT2D eigenvalue weighted by Crippen LogP contribution is -2.30. The molecule has 1 heterocycles. The molecule has 1 aromatic heterocycles. The molecule has 3 aromatic rings. The fraction of sp³-hybridized carbons (Fsp3) is 0.185. The van der Waals surface area contributed by atoms with Crippen molar-refractivity contribution in [1.82, 2.24) is 0 Å². The summed E-state index contributed by atoms with van der Waals surface area (Å²) in [5.41, 5.74) is 7.79. The molecule has 0 nitrogen and oxygen atoms in total. The van der Waals surface area contributed by atoms with Crippen molar-refractivity contribution in [2.75, 3.05) is 0 Å². The third-order valence-corrected chi connectivity index (χ3v) is 7.02. The minimum atomic E-state index is 0.920. The molecule has 4 rings (SSSR count). The minimum Gasteiger partial charge on any atom is -0.135 e. The second kappa shape index (κ2) is 7.07. The molecule has 0 bridgehead atoms. The van der Waals surface area contributed by atoms with Gasteiger partial charge in [-0.25, -0.2) is 0 Å². The molecule has 0 saturated carbocycles. The van der Waals surface area contributed by atoms with Crippen molar-refractivity contribution in [2.24, 2.45) is 0 Å². The predicted molar refractivity (Wildman–Crippen MR) is 128 cm³/mol. The topological polar surface area (TPSA) is 0 Å². The molecular formula is C27H26S. The summed E-state index contributed by atoms with van der Waals surface area (Å²) >= 11 is 1.86. The van der Waals surface area contributed by atoms with Crippen LogP contribution in [-0.4, -0.2) is 0 Å². The largest absolute Gasteiger partial charge is 0.135 e. The Kier molecular flexibility index (Phi) is 4.72. The molecule has 140 valence electrons. The molecular weight excluding hydrogens is 356 g/mol. The molecule has 0 fully saturated rings. The molecule has 2 aromatic carbocycles. The van der Waals surface area contributed by atoms with Crippen molar-refractivity contribution >= 4 is 49.7 Å². The summed E-state index contributed by atoms with van der Waals surface area (Å²) in [6.07, 6.45) is 9.63. The van der Waals surface area contributed by atoms with Crippen LogP contribution in [0.25, 0.3) is 38.4 Å². The van der Waals surface area contributed by atoms with Crippen molar-refractivity contribution in [3.63, 3.8) is 0 Å². The number of thiophene rings is 1. The maximum Gasteiger partial charge on any atom is 0.0431 e. The minimum absolute atomic E-state index is 0.920. The van der Waals surface area contributed by atoms with Gasteiger partial charge in [-0.2, -0.15) is 0 Å². The fourth-order valence-corrected chi connectivity index (χ4v) is 5.75. The van der Waals surface area contributed by atoms with Gasteiger partial charge in [-0.05, 0) is 84.0 Å². The van der Waals surface area contributed by atoms with Gasteiger partial charge in [0, 0.05) is 20.2 Å². The fourth-order valence-electron chi connectivity index (χ4n) is 4.52. The smallest absolute Gasteiger partial charge is 0.0431 e. The Labute approximate surface area is 171 Å². The molecule has 1 aliphatic rings. The number of hydrogen-bond acceptors (Lipinski definition) is 1. The summed E-state index contributed by atoms with van der Waals surface area (Å²) in [5, 5.41) is 5.07. The molecule has 1 heteroatoms. The van der Waals surface area contributed by atoms with Crippen LogP contribution in [0.15, 0.2) is 65.8 Å². The van der Waals surface area contributed by atoms with Crippen LogP contribution in [0, 0.1) is 6.92 Å². The molecule has 0 spiro atoms. The standard InChI is InChI=1S/C27H26S/c1-7-11-20-15-16(3)24(17(20)4)25-19(6)27-26(18(5)21(25)12-8-2)22-13-9-10-14-23(22)28-27/h7-14H,3,6,15H2,1-2,4-5H3/b11-7-,12-8-,25-24-. The first kappa shape index (κ1) is 18.7. The van der Waals surface area contributed by atoms with E-state index in [0.29, 0.717) is 0 Å². The lowest BCUT2D eigenvalue weighted by Gasteiger charge is -2.11. The van der Waals surface area contributed by atoms with E-state index in [4.69, 9.17) is 0 Å². The van der Waals surface area contributed by atoms with Gasteiger partial charge in [0.15, 0.2) is 0 Å². The van der Waals surface area contributed by atoms with Gasteiger partial charge in [-0.1, -0.05) is 55.7 Å². The monoisotopic (exact) mass is 382 g/mol. The zero-order valence-corrected chi connectivity index (χ0v) is 18.0. The maximum atomic E-state index is 4.59. The number of benzene rings is 2. The van der Waals surface area contributed by atoms with Crippen LogP contribution in [0.4, 0.5) is 0 Å². The van der Waals surface area contributed by atoms with Gasteiger partial charge in [0.05, 0.1) is 0 Å². The van der Waals surface area contributed by atoms with Crippen LogP contribution in [0.5, 0.6) is 0 Å². The van der Waals surface area contributed by atoms with Crippen LogP contribution in [0.1, 0.15) is 38.3 Å². The highest BCUT2D eigenvalue weighted by atomic mass is 32.1. The Bertz CT molecular complexity index is 1340. The van der Waals surface area contributed by atoms with E-state index in [2.05, 4.69) is 89.4 Å². The quantitative estimate of drug-likeness (QED) is 0.457. The lowest BCUT2D eigenvalue weighted by atomic mass is 9.92. The van der Waals surface area contributed by atoms with Crippen molar-refractivity contribution in [2.45, 2.75) is 34.1 Å². The van der Waals surface area contributed by atoms with Crippen molar-refractivity contribution in [3.05, 3.63) is 87.4 Å². The SMILES string of the molecule is C=C1CC(/C=C\C)=C(C)C/1=c1\c(/C=C\C)c(C)c2c(sc3ccccc32)c1=C. The number of rotatable bonds is 2. The number of aryl methyl sites for hydroxylation is 1. The number of allylic oxidation sites excluding steroid dienone is 6. The van der Waals surface area contributed by atoms with E-state index in [-0.39, 0.29) is 0 Å². The molecule has 0 atom stereocenters. The molecule has 0 N–H and O–H groups in total. The predicted octanol–water partition coefficient (Wildman–Crippen LogP) is 6.81. The molecule has 28 heavy (non-hydrogen) atoms. The van der Waals surface area contributed by atoms with E-state index in [9.17, 15) is 0 Å². The van der Waals surface area contributed by atoms with E-state index in [1.807, 2.05) is 11.3 Å². The third-order valence-electron chi connectivity index (χ3n) is 5.78. The van der Waals surface area contributed by atoms with Gasteiger partial charge < -0.3 is 0 Å². The Morgan fingerprint density at radius 2 is 1.71 bits per heavy atom. The zero-order chi connectivity index (χ0) is 20.0. The van der Waals surface area contributed by atoms with Crippen LogP contribution >= 0.6 is 11.3 Å². The molecule has 0 amide bonds. The summed E-state index contributed by atoms with van der Waals surface area (Å²) in [6.45, 7) is 17.7. The van der Waals surface area contributed by atoms with Gasteiger partial charge in [-0.3, -0.25) is 0 Å². The van der Waals surface area contributed by atoms with E-state index in [0.717, 1.165) is 11.6 Å². The molecule has 0 aliphatic heterocycles. The van der Waals surface area contributed by atoms with Gasteiger partial charge in [0.1, 0.15) is 0 Å². The van der Waals surface area contributed by atoms with Crippen molar-refractivity contribution < 1.29 is 0 Å². The first-order chi connectivity index (χ1) is 13.5. The van der Waals surface area contributed by atoms with Crippen LogP contribution in [0.2, 0.25) is 0 Å². The van der Waals surface area contributed by atoms with Gasteiger partial charge >= 0.3 is 0 Å². The maximum absolute atomic E-state index is 4.59. The van der Waals surface area contributed by atoms with Crippen LogP contribution < -0.4 is 10.4 Å². The second-order valence-corrected chi connectivity index (χ2v) is 8.55. The van der Waals surface area contributed by atoms with Crippen molar-refractivity contribution in [1.29, 1.82) is 0 Å². The Morgan fingerprint density at radius 1 is 1.00 bits per heavy atom. The summed E-state index contributed by atoms with van der Waals surface area (Å²) in [7, 11) is 0. The van der Waals surface area contributed by atoms with Gasteiger partial charge in [0.25, 0.3) is 0 Å². The Morgan fingerprint density at radius 3 is 2.43 bits per heavy atom. The highest BCUT2D eigenvalue weighted by Crippen LogP contribution is 2.38.